The molecule has 10 heteroatoms. The Labute approximate surface area is 577 Å². The van der Waals surface area contributed by atoms with E-state index in [0.717, 1.165) is 82.6 Å². The fraction of sp³-hybridized carbons (Fsp3) is 0.388. The molecule has 8 heterocycles. The van der Waals surface area contributed by atoms with Crippen LogP contribution in [0.4, 0.5) is 4.32 Å². The molecule has 0 fully saturated rings. The van der Waals surface area contributed by atoms with Gasteiger partial charge in [-0.15, -0.1) is 45.3 Å². The van der Waals surface area contributed by atoms with Crippen LogP contribution in [-0.2, 0) is 25.9 Å². The van der Waals surface area contributed by atoms with Gasteiger partial charge in [0.25, 0.3) is 0 Å². The second-order valence-corrected chi connectivity index (χ2v) is 32.8. The summed E-state index contributed by atoms with van der Waals surface area (Å²) in [5, 5.41) is 19.5. The number of benzene rings is 7. The van der Waals surface area contributed by atoms with Crippen LogP contribution in [0.3, 0.4) is 0 Å². The molecule has 4 unspecified atom stereocenters. The lowest BCUT2D eigenvalue weighted by molar-refractivity contribution is 0.401. The van der Waals surface area contributed by atoms with Crippen molar-refractivity contribution in [2.24, 2.45) is 23.7 Å². The average Bonchev–Trinajstić information content (AvgIpc) is 1.55. The highest BCUT2D eigenvalue weighted by molar-refractivity contribution is 7.34. The molecule has 1 aliphatic heterocycles. The van der Waals surface area contributed by atoms with Gasteiger partial charge in [0.15, 0.2) is 0 Å². The van der Waals surface area contributed by atoms with Crippen LogP contribution < -0.4 is 15.7 Å². The monoisotopic (exact) mass is 1330 g/mol. The minimum atomic E-state index is -1.57. The zero-order valence-electron chi connectivity index (χ0n) is 57.6. The summed E-state index contributed by atoms with van der Waals surface area (Å²) in [7, 11) is -1.57. The number of allylic oxidation sites excluding steroid dienone is 1. The van der Waals surface area contributed by atoms with Gasteiger partial charge in [-0.25, -0.2) is 0 Å². The molecule has 15 rings (SSSR count). The largest absolute Gasteiger partial charge is 0.589 e. The summed E-state index contributed by atoms with van der Waals surface area (Å²) < 4.78 is 34.1. The number of thiophene rings is 4. The Kier molecular flexibility index (Phi) is 18.3. The number of halogens is 1. The highest BCUT2D eigenvalue weighted by Crippen LogP contribution is 2.52. The first-order valence-corrected chi connectivity index (χ1v) is 39.8. The summed E-state index contributed by atoms with van der Waals surface area (Å²) in [5.74, 6) is 2.47. The molecule has 0 amide bonds. The predicted octanol–water partition coefficient (Wildman–Crippen LogP) is 25.3. The van der Waals surface area contributed by atoms with Crippen LogP contribution in [0.25, 0.3) is 133 Å². The number of aromatic nitrogens is 3. The SMILES string of the molecule is C=c1/c(=C\C2=C(c3ccc(C)cc3)c3cc4c5cc6c(cc5c5c7sc(CC(CC)CCCC)cc7sc5c4n3B(F)N2)c2ccccc2n6CC(CC)CCCC)c2cc3c(cc2c2c1sc1cc(CC(CC)CCCC)sc12)c1ccccc1n3CC(CC)CCCC. The van der Waals surface area contributed by atoms with E-state index in [1.165, 1.54) is 209 Å². The highest BCUT2D eigenvalue weighted by atomic mass is 32.1. The topological polar surface area (TPSA) is 26.8 Å². The van der Waals surface area contributed by atoms with Gasteiger partial charge in [-0.1, -0.05) is 218 Å². The van der Waals surface area contributed by atoms with E-state index < -0.39 is 7.26 Å². The van der Waals surface area contributed by atoms with E-state index in [2.05, 4.69) is 198 Å². The van der Waals surface area contributed by atoms with Crippen molar-refractivity contribution in [1.29, 1.82) is 0 Å². The summed E-state index contributed by atoms with van der Waals surface area (Å²) in [4.78, 5) is 2.96. The lowest BCUT2D eigenvalue weighted by atomic mass is 9.89. The van der Waals surface area contributed by atoms with Crippen LogP contribution >= 0.6 is 45.3 Å². The maximum atomic E-state index is 19.0. The zero-order chi connectivity index (χ0) is 65.3. The summed E-state index contributed by atoms with van der Waals surface area (Å²) in [6.45, 7) is 28.0. The maximum Gasteiger partial charge on any atom is 0.589 e. The number of nitrogens with zero attached hydrogens (tertiary/aromatic N) is 3. The Morgan fingerprint density at radius 3 is 1.49 bits per heavy atom. The van der Waals surface area contributed by atoms with E-state index in [1.54, 1.807) is 0 Å². The number of fused-ring (bicyclic) bond motifs is 21. The van der Waals surface area contributed by atoms with Crippen molar-refractivity contribution in [3.63, 3.8) is 0 Å². The van der Waals surface area contributed by atoms with Gasteiger partial charge in [0, 0.05) is 114 Å². The van der Waals surface area contributed by atoms with Gasteiger partial charge < -0.3 is 18.8 Å². The second kappa shape index (κ2) is 27.0. The first kappa shape index (κ1) is 64.3. The Morgan fingerprint density at radius 1 is 0.484 bits per heavy atom. The molecular weight excluding hydrogens is 1240 g/mol. The summed E-state index contributed by atoms with van der Waals surface area (Å²) >= 11 is 7.79. The van der Waals surface area contributed by atoms with Crippen LogP contribution in [0.2, 0.25) is 0 Å². The molecule has 7 aromatic carbocycles. The van der Waals surface area contributed by atoms with Crippen LogP contribution in [0.15, 0.2) is 121 Å². The van der Waals surface area contributed by atoms with Crippen LogP contribution in [0.5, 0.6) is 0 Å². The number of hydrogen-bond acceptors (Lipinski definition) is 5. The summed E-state index contributed by atoms with van der Waals surface area (Å²) in [5.41, 5.74) is 11.0. The van der Waals surface area contributed by atoms with Crippen molar-refractivity contribution in [2.75, 3.05) is 0 Å². The molecule has 0 radical (unpaired) electrons. The normalized spacial score (nSPS) is 14.8. The predicted molar refractivity (Wildman–Crippen MR) is 423 cm³/mol. The van der Waals surface area contributed by atoms with Gasteiger partial charge in [0.05, 0.1) is 19.6 Å². The Morgan fingerprint density at radius 2 is 0.968 bits per heavy atom. The third-order valence-corrected chi connectivity index (χ3v) is 27.3. The van der Waals surface area contributed by atoms with Gasteiger partial charge >= 0.3 is 7.26 Å². The van der Waals surface area contributed by atoms with Gasteiger partial charge in [-0.05, 0) is 154 Å². The van der Waals surface area contributed by atoms with Crippen molar-refractivity contribution in [3.05, 3.63) is 158 Å². The van der Waals surface area contributed by atoms with Crippen molar-refractivity contribution < 1.29 is 4.32 Å². The number of nitrogens with one attached hydrogen (secondary N) is 1. The smallest absolute Gasteiger partial charge is 0.379 e. The molecule has 0 saturated carbocycles. The lowest BCUT2D eigenvalue weighted by Crippen LogP contribution is -2.42. The number of aryl methyl sites for hydroxylation is 1. The second-order valence-electron chi connectivity index (χ2n) is 28.4. The molecule has 0 saturated heterocycles. The highest BCUT2D eigenvalue weighted by Gasteiger charge is 2.36. The van der Waals surface area contributed by atoms with Crippen molar-refractivity contribution in [3.8, 4) is 0 Å². The van der Waals surface area contributed by atoms with Gasteiger partial charge in [0.1, 0.15) is 0 Å². The maximum absolute atomic E-state index is 19.0. The van der Waals surface area contributed by atoms with Crippen molar-refractivity contribution in [1.82, 2.24) is 18.8 Å². The van der Waals surface area contributed by atoms with E-state index in [4.69, 9.17) is 6.58 Å². The van der Waals surface area contributed by atoms with E-state index >= 15 is 4.32 Å². The molecule has 4 nitrogen and oxygen atoms in total. The fourth-order valence-electron chi connectivity index (χ4n) is 16.7. The molecule has 7 aromatic heterocycles. The van der Waals surface area contributed by atoms with E-state index in [0.29, 0.717) is 23.7 Å². The number of para-hydroxylation sites is 2. The van der Waals surface area contributed by atoms with Crippen LogP contribution in [0.1, 0.15) is 185 Å². The molecule has 1 aliphatic rings. The molecule has 0 aliphatic carbocycles. The average molecular weight is 1330 g/mol. The zero-order valence-corrected chi connectivity index (χ0v) is 60.9. The molecular formula is C85H94BFN4S4. The molecule has 0 bridgehead atoms. The van der Waals surface area contributed by atoms with Gasteiger partial charge in [0.2, 0.25) is 0 Å². The fourth-order valence-corrected chi connectivity index (χ4v) is 22.4. The lowest BCUT2D eigenvalue weighted by Gasteiger charge is -2.25. The van der Waals surface area contributed by atoms with Gasteiger partial charge in [-0.3, -0.25) is 4.32 Å². The minimum Gasteiger partial charge on any atom is -0.379 e. The van der Waals surface area contributed by atoms with E-state index in [-0.39, 0.29) is 0 Å². The molecule has 1 N–H and O–H groups in total. The van der Waals surface area contributed by atoms with E-state index in [9.17, 15) is 0 Å². The molecule has 0 spiro atoms. The number of rotatable bonds is 26. The standard InChI is InChI=1S/C85H94BFN4S4/c1-11-19-27-53(15-5)39-58-41-76-83(92-58)79-67-43-65-60-31-23-25-33-71(60)89(49-55(17-7)29-21-13-3)73(65)46-63(67)62(52(10)82(79)94-76)45-70-78(57-37-35-51(9)36-38-57)75-48-69-64-47-74-66(61-32-24-26-34-72(61)90(74)50-56(18-8)30-22-14-4)44-68(64)80-84-77(95-85(80)81(69)91(75)86(87)88-70)42-59(93-84)40-54(16-6)28-20-12-2/h23-26,31-38,41-48,53-56,88H,10-22,27-30,39-40,49-50H2,1-9H3/b62-45+. The third kappa shape index (κ3) is 11.3. The third-order valence-electron chi connectivity index (χ3n) is 22.3. The molecule has 4 atom stereocenters. The molecule has 14 aromatic rings. The summed E-state index contributed by atoms with van der Waals surface area (Å²) in [6.07, 6.45) is 24.1. The Bertz CT molecular complexity index is 5390. The van der Waals surface area contributed by atoms with E-state index in [1.807, 2.05) is 49.8 Å². The molecule has 488 valence electrons. The van der Waals surface area contributed by atoms with Crippen LogP contribution in [0, 0.1) is 30.6 Å². The van der Waals surface area contributed by atoms with Crippen molar-refractivity contribution in [2.45, 2.75) is 191 Å². The van der Waals surface area contributed by atoms with Crippen molar-refractivity contribution >= 4 is 186 Å². The van der Waals surface area contributed by atoms with Crippen LogP contribution in [-0.4, -0.2) is 20.9 Å². The quantitative estimate of drug-likeness (QED) is 0.0538. The Balaban J connectivity index is 1.03. The minimum absolute atomic E-state index is 0.559. The first-order valence-electron chi connectivity index (χ1n) is 36.6. The Hall–Kier alpha value is -6.69. The first-order chi connectivity index (χ1) is 46.5. The molecule has 95 heavy (non-hydrogen) atoms. The van der Waals surface area contributed by atoms with Gasteiger partial charge in [-0.2, -0.15) is 0 Å². The number of unbranched alkanes of at least 4 members (excludes halogenated alkanes) is 4. The summed E-state index contributed by atoms with van der Waals surface area (Å²) in [6, 6.07) is 44.8. The number of hydrogen-bond donors (Lipinski definition) is 1.